The second-order valence-corrected chi connectivity index (χ2v) is 3.57. The Labute approximate surface area is 89.1 Å². The molecular weight excluding hydrogens is 188 g/mol. The van der Waals surface area contributed by atoms with E-state index in [0.29, 0.717) is 0 Å². The number of aromatic nitrogens is 2. The van der Waals surface area contributed by atoms with Crippen LogP contribution in [0, 0.1) is 6.92 Å². The SMILES string of the molecule is COc1ccc(Cc2cc(C)[nH]n2)cc1. The van der Waals surface area contributed by atoms with E-state index in [1.54, 1.807) is 7.11 Å². The fraction of sp³-hybridized carbons (Fsp3) is 0.250. The zero-order valence-electron chi connectivity index (χ0n) is 8.95. The fourth-order valence-electron chi connectivity index (χ4n) is 1.52. The number of hydrogen-bond donors (Lipinski definition) is 1. The van der Waals surface area contributed by atoms with Gasteiger partial charge in [0, 0.05) is 12.1 Å². The summed E-state index contributed by atoms with van der Waals surface area (Å²) in [6, 6.07) is 10.1. The average molecular weight is 202 g/mol. The molecule has 2 aromatic rings. The zero-order chi connectivity index (χ0) is 10.7. The van der Waals surface area contributed by atoms with E-state index in [1.165, 1.54) is 5.56 Å². The number of H-pyrrole nitrogens is 1. The Hall–Kier alpha value is -1.77. The van der Waals surface area contributed by atoms with Gasteiger partial charge in [-0.15, -0.1) is 0 Å². The molecule has 0 aliphatic rings. The lowest BCUT2D eigenvalue weighted by molar-refractivity contribution is 0.414. The second kappa shape index (κ2) is 4.17. The Morgan fingerprint density at radius 2 is 2.00 bits per heavy atom. The van der Waals surface area contributed by atoms with Crippen LogP contribution in [0.3, 0.4) is 0 Å². The summed E-state index contributed by atoms with van der Waals surface area (Å²) < 4.78 is 5.10. The normalized spacial score (nSPS) is 10.3. The molecule has 3 heteroatoms. The molecule has 78 valence electrons. The third-order valence-corrected chi connectivity index (χ3v) is 2.30. The summed E-state index contributed by atoms with van der Waals surface area (Å²) in [5, 5.41) is 7.13. The van der Waals surface area contributed by atoms with Gasteiger partial charge in [-0.2, -0.15) is 5.10 Å². The van der Waals surface area contributed by atoms with Gasteiger partial charge in [0.1, 0.15) is 5.75 Å². The van der Waals surface area contributed by atoms with Gasteiger partial charge in [0.2, 0.25) is 0 Å². The summed E-state index contributed by atoms with van der Waals surface area (Å²) in [5.74, 6) is 0.886. The maximum absolute atomic E-state index is 5.10. The number of ether oxygens (including phenoxy) is 1. The predicted molar refractivity (Wildman–Crippen MR) is 59.1 cm³/mol. The molecule has 1 N–H and O–H groups in total. The molecule has 0 atom stereocenters. The first-order valence-corrected chi connectivity index (χ1v) is 4.92. The van der Waals surface area contributed by atoms with Gasteiger partial charge in [-0.3, -0.25) is 5.10 Å². The molecular formula is C12H14N2O. The van der Waals surface area contributed by atoms with Crippen LogP contribution in [-0.4, -0.2) is 17.3 Å². The van der Waals surface area contributed by atoms with Crippen molar-refractivity contribution in [2.75, 3.05) is 7.11 Å². The van der Waals surface area contributed by atoms with Crippen LogP contribution in [0.15, 0.2) is 30.3 Å². The summed E-state index contributed by atoms with van der Waals surface area (Å²) in [6.45, 7) is 2.00. The zero-order valence-corrected chi connectivity index (χ0v) is 8.95. The van der Waals surface area contributed by atoms with Crippen molar-refractivity contribution in [1.82, 2.24) is 10.2 Å². The van der Waals surface area contributed by atoms with E-state index in [1.807, 2.05) is 19.1 Å². The van der Waals surface area contributed by atoms with Crippen molar-refractivity contribution < 1.29 is 4.74 Å². The van der Waals surface area contributed by atoms with Crippen LogP contribution in [0.4, 0.5) is 0 Å². The van der Waals surface area contributed by atoms with E-state index in [9.17, 15) is 0 Å². The molecule has 0 unspecified atom stereocenters. The Bertz CT molecular complexity index is 431. The number of methoxy groups -OCH3 is 1. The third kappa shape index (κ3) is 2.37. The summed E-state index contributed by atoms with van der Waals surface area (Å²) in [5.41, 5.74) is 3.40. The molecule has 0 spiro atoms. The minimum Gasteiger partial charge on any atom is -0.497 e. The molecule has 0 aliphatic carbocycles. The van der Waals surface area contributed by atoms with E-state index in [0.717, 1.165) is 23.6 Å². The molecule has 1 heterocycles. The van der Waals surface area contributed by atoms with Gasteiger partial charge in [0.05, 0.1) is 12.8 Å². The lowest BCUT2D eigenvalue weighted by Crippen LogP contribution is -1.89. The van der Waals surface area contributed by atoms with E-state index in [-0.39, 0.29) is 0 Å². The highest BCUT2D eigenvalue weighted by Crippen LogP contribution is 2.14. The number of aromatic amines is 1. The van der Waals surface area contributed by atoms with Crippen LogP contribution in [-0.2, 0) is 6.42 Å². The van der Waals surface area contributed by atoms with Crippen LogP contribution in [0.5, 0.6) is 5.75 Å². The molecule has 0 bridgehead atoms. The van der Waals surface area contributed by atoms with Gasteiger partial charge >= 0.3 is 0 Å². The number of nitrogens with zero attached hydrogens (tertiary/aromatic N) is 1. The third-order valence-electron chi connectivity index (χ3n) is 2.30. The second-order valence-electron chi connectivity index (χ2n) is 3.57. The molecule has 0 saturated carbocycles. The minimum atomic E-state index is 0.855. The summed E-state index contributed by atoms with van der Waals surface area (Å²) in [6.07, 6.45) is 0.855. The highest BCUT2D eigenvalue weighted by molar-refractivity contribution is 5.29. The van der Waals surface area contributed by atoms with Gasteiger partial charge in [-0.1, -0.05) is 12.1 Å². The quantitative estimate of drug-likeness (QED) is 0.829. The van der Waals surface area contributed by atoms with Crippen molar-refractivity contribution in [2.24, 2.45) is 0 Å². The average Bonchev–Trinajstić information content (AvgIpc) is 2.65. The van der Waals surface area contributed by atoms with Crippen molar-refractivity contribution in [3.05, 3.63) is 47.3 Å². The highest BCUT2D eigenvalue weighted by atomic mass is 16.5. The van der Waals surface area contributed by atoms with Gasteiger partial charge in [-0.25, -0.2) is 0 Å². The topological polar surface area (TPSA) is 37.9 Å². The molecule has 3 nitrogen and oxygen atoms in total. The van der Waals surface area contributed by atoms with Crippen molar-refractivity contribution in [2.45, 2.75) is 13.3 Å². The van der Waals surface area contributed by atoms with Crippen LogP contribution >= 0.6 is 0 Å². The van der Waals surface area contributed by atoms with E-state index in [4.69, 9.17) is 4.74 Å². The van der Waals surface area contributed by atoms with Crippen LogP contribution in [0.25, 0.3) is 0 Å². The summed E-state index contributed by atoms with van der Waals surface area (Å²) >= 11 is 0. The van der Waals surface area contributed by atoms with Crippen LogP contribution < -0.4 is 4.74 Å². The lowest BCUT2D eigenvalue weighted by atomic mass is 10.1. The molecule has 15 heavy (non-hydrogen) atoms. The van der Waals surface area contributed by atoms with Gasteiger partial charge < -0.3 is 4.74 Å². The molecule has 0 amide bonds. The number of nitrogens with one attached hydrogen (secondary N) is 1. The van der Waals surface area contributed by atoms with E-state index >= 15 is 0 Å². The van der Waals surface area contributed by atoms with Crippen molar-refractivity contribution in [1.29, 1.82) is 0 Å². The Morgan fingerprint density at radius 1 is 1.27 bits per heavy atom. The number of benzene rings is 1. The van der Waals surface area contributed by atoms with Gasteiger partial charge in [0.15, 0.2) is 0 Å². The molecule has 0 fully saturated rings. The standard InChI is InChI=1S/C12H14N2O/c1-9-7-11(14-13-9)8-10-3-5-12(15-2)6-4-10/h3-7H,8H2,1-2H3,(H,13,14). The number of aryl methyl sites for hydroxylation is 1. The summed E-state index contributed by atoms with van der Waals surface area (Å²) in [4.78, 5) is 0. The monoisotopic (exact) mass is 202 g/mol. The Morgan fingerprint density at radius 3 is 2.53 bits per heavy atom. The molecule has 1 aromatic heterocycles. The molecule has 0 radical (unpaired) electrons. The van der Waals surface area contributed by atoms with Crippen LogP contribution in [0.2, 0.25) is 0 Å². The summed E-state index contributed by atoms with van der Waals surface area (Å²) in [7, 11) is 1.67. The highest BCUT2D eigenvalue weighted by Gasteiger charge is 2.00. The smallest absolute Gasteiger partial charge is 0.118 e. The maximum Gasteiger partial charge on any atom is 0.118 e. The molecule has 0 aliphatic heterocycles. The fourth-order valence-corrected chi connectivity index (χ4v) is 1.52. The number of rotatable bonds is 3. The minimum absolute atomic E-state index is 0.855. The van der Waals surface area contributed by atoms with Gasteiger partial charge in [-0.05, 0) is 30.7 Å². The Kier molecular flexibility index (Phi) is 2.72. The molecule has 0 saturated heterocycles. The van der Waals surface area contributed by atoms with Crippen molar-refractivity contribution in [3.63, 3.8) is 0 Å². The van der Waals surface area contributed by atoms with Crippen molar-refractivity contribution >= 4 is 0 Å². The van der Waals surface area contributed by atoms with Gasteiger partial charge in [0.25, 0.3) is 0 Å². The van der Waals surface area contributed by atoms with Crippen molar-refractivity contribution in [3.8, 4) is 5.75 Å². The van der Waals surface area contributed by atoms with E-state index < -0.39 is 0 Å². The van der Waals surface area contributed by atoms with E-state index in [2.05, 4.69) is 28.4 Å². The first kappa shape index (κ1) is 9.77. The predicted octanol–water partition coefficient (Wildman–Crippen LogP) is 2.32. The number of hydrogen-bond acceptors (Lipinski definition) is 2. The first-order chi connectivity index (χ1) is 7.28. The molecule has 1 aromatic carbocycles. The largest absolute Gasteiger partial charge is 0.497 e. The lowest BCUT2D eigenvalue weighted by Gasteiger charge is -2.01. The Balaban J connectivity index is 2.11. The molecule has 2 rings (SSSR count). The first-order valence-electron chi connectivity index (χ1n) is 4.92. The van der Waals surface area contributed by atoms with Crippen LogP contribution in [0.1, 0.15) is 17.0 Å². The maximum atomic E-state index is 5.10.